The van der Waals surface area contributed by atoms with E-state index in [-0.39, 0.29) is 11.9 Å². The molecule has 1 aromatic rings. The van der Waals surface area contributed by atoms with Gasteiger partial charge in [0.1, 0.15) is 11.9 Å². The zero-order valence-electron chi connectivity index (χ0n) is 7.82. The fourth-order valence-electron chi connectivity index (χ4n) is 1.73. The fourth-order valence-corrected chi connectivity index (χ4v) is 1.73. The van der Waals surface area contributed by atoms with E-state index in [9.17, 15) is 9.50 Å². The highest BCUT2D eigenvalue weighted by atomic mass is 19.1. The Balaban J connectivity index is 2.09. The molecule has 2 rings (SSSR count). The van der Waals surface area contributed by atoms with Crippen LogP contribution in [0.5, 0.6) is 0 Å². The molecule has 76 valence electrons. The molecule has 1 saturated heterocycles. The minimum atomic E-state index is -0.627. The van der Waals surface area contributed by atoms with Crippen LogP contribution in [0.4, 0.5) is 4.39 Å². The van der Waals surface area contributed by atoms with Crippen molar-refractivity contribution in [1.29, 1.82) is 0 Å². The maximum Gasteiger partial charge on any atom is 0.123 e. The Morgan fingerprint density at radius 3 is 2.64 bits per heavy atom. The lowest BCUT2D eigenvalue weighted by molar-refractivity contribution is -0.00261. The molecule has 2 unspecified atom stereocenters. The Bertz CT molecular complexity index is 291. The lowest BCUT2D eigenvalue weighted by Gasteiger charge is -2.17. The van der Waals surface area contributed by atoms with Gasteiger partial charge in [0, 0.05) is 6.61 Å². The average Bonchev–Trinajstić information content (AvgIpc) is 2.71. The van der Waals surface area contributed by atoms with Crippen molar-refractivity contribution in [2.75, 3.05) is 6.61 Å². The van der Waals surface area contributed by atoms with Crippen molar-refractivity contribution >= 4 is 0 Å². The first-order valence-corrected chi connectivity index (χ1v) is 4.82. The number of hydrogen-bond acceptors (Lipinski definition) is 2. The van der Waals surface area contributed by atoms with Gasteiger partial charge in [-0.25, -0.2) is 4.39 Å². The summed E-state index contributed by atoms with van der Waals surface area (Å²) in [6, 6.07) is 5.91. The van der Waals surface area contributed by atoms with Gasteiger partial charge in [0.2, 0.25) is 0 Å². The van der Waals surface area contributed by atoms with Gasteiger partial charge in [-0.2, -0.15) is 0 Å². The summed E-state index contributed by atoms with van der Waals surface area (Å²) in [7, 11) is 0. The standard InChI is InChI=1S/C11H13FO2/c12-9-5-3-8(4-6-9)11(13)10-2-1-7-14-10/h3-6,10-11,13H,1-2,7H2. The molecule has 1 aliphatic rings. The number of hydrogen-bond donors (Lipinski definition) is 1. The molecule has 1 heterocycles. The van der Waals surface area contributed by atoms with Crippen LogP contribution in [0.1, 0.15) is 24.5 Å². The van der Waals surface area contributed by atoms with E-state index in [0.29, 0.717) is 6.61 Å². The first-order chi connectivity index (χ1) is 6.77. The molecular weight excluding hydrogens is 183 g/mol. The van der Waals surface area contributed by atoms with Gasteiger partial charge in [0.25, 0.3) is 0 Å². The van der Waals surface area contributed by atoms with E-state index < -0.39 is 6.10 Å². The highest BCUT2D eigenvalue weighted by Crippen LogP contribution is 2.26. The number of rotatable bonds is 2. The Kier molecular flexibility index (Phi) is 2.79. The molecule has 14 heavy (non-hydrogen) atoms. The predicted octanol–water partition coefficient (Wildman–Crippen LogP) is 2.04. The molecule has 2 nitrogen and oxygen atoms in total. The molecule has 0 aromatic heterocycles. The highest BCUT2D eigenvalue weighted by molar-refractivity contribution is 5.19. The second-order valence-electron chi connectivity index (χ2n) is 3.55. The molecule has 0 aliphatic carbocycles. The van der Waals surface area contributed by atoms with E-state index in [4.69, 9.17) is 4.74 Å². The van der Waals surface area contributed by atoms with Crippen molar-refractivity contribution in [3.05, 3.63) is 35.6 Å². The minimum Gasteiger partial charge on any atom is -0.386 e. The van der Waals surface area contributed by atoms with E-state index in [1.807, 2.05) is 0 Å². The maximum absolute atomic E-state index is 12.6. The van der Waals surface area contributed by atoms with Crippen LogP contribution in [0.3, 0.4) is 0 Å². The van der Waals surface area contributed by atoms with Crippen molar-refractivity contribution in [2.24, 2.45) is 0 Å². The summed E-state index contributed by atoms with van der Waals surface area (Å²) in [6.07, 6.45) is 1.11. The molecule has 0 amide bonds. The van der Waals surface area contributed by atoms with E-state index in [2.05, 4.69) is 0 Å². The van der Waals surface area contributed by atoms with Crippen molar-refractivity contribution in [2.45, 2.75) is 25.0 Å². The van der Waals surface area contributed by atoms with Crippen LogP contribution in [0.15, 0.2) is 24.3 Å². The zero-order valence-corrected chi connectivity index (χ0v) is 7.82. The van der Waals surface area contributed by atoms with Crippen molar-refractivity contribution in [3.63, 3.8) is 0 Å². The number of benzene rings is 1. The summed E-state index contributed by atoms with van der Waals surface area (Å²) < 4.78 is 18.0. The third-order valence-electron chi connectivity index (χ3n) is 2.53. The number of aliphatic hydroxyl groups excluding tert-OH is 1. The third-order valence-corrected chi connectivity index (χ3v) is 2.53. The number of halogens is 1. The predicted molar refractivity (Wildman–Crippen MR) is 50.3 cm³/mol. The zero-order chi connectivity index (χ0) is 9.97. The molecule has 0 saturated carbocycles. The van der Waals surface area contributed by atoms with Gasteiger partial charge in [-0.1, -0.05) is 12.1 Å². The molecule has 1 aromatic carbocycles. The molecule has 3 heteroatoms. The third kappa shape index (κ3) is 1.94. The van der Waals surface area contributed by atoms with Crippen LogP contribution in [-0.2, 0) is 4.74 Å². The summed E-state index contributed by atoms with van der Waals surface area (Å²) in [6.45, 7) is 0.711. The van der Waals surface area contributed by atoms with E-state index in [1.165, 1.54) is 12.1 Å². The van der Waals surface area contributed by atoms with Gasteiger partial charge >= 0.3 is 0 Å². The van der Waals surface area contributed by atoms with E-state index in [0.717, 1.165) is 18.4 Å². The second-order valence-corrected chi connectivity index (χ2v) is 3.55. The first-order valence-electron chi connectivity index (χ1n) is 4.82. The maximum atomic E-state index is 12.6. The van der Waals surface area contributed by atoms with Crippen LogP contribution in [0.25, 0.3) is 0 Å². The SMILES string of the molecule is OC(c1ccc(F)cc1)C1CCCO1. The number of ether oxygens (including phenoxy) is 1. The summed E-state index contributed by atoms with van der Waals surface area (Å²) >= 11 is 0. The topological polar surface area (TPSA) is 29.5 Å². The Hall–Kier alpha value is -0.930. The van der Waals surface area contributed by atoms with Gasteiger partial charge < -0.3 is 9.84 Å². The summed E-state index contributed by atoms with van der Waals surface area (Å²) in [5.41, 5.74) is 0.721. The molecular formula is C11H13FO2. The molecule has 0 bridgehead atoms. The van der Waals surface area contributed by atoms with Gasteiger partial charge in [-0.05, 0) is 30.5 Å². The van der Waals surface area contributed by atoms with E-state index >= 15 is 0 Å². The first kappa shape index (κ1) is 9.62. The molecule has 1 fully saturated rings. The van der Waals surface area contributed by atoms with Crippen LogP contribution in [0, 0.1) is 5.82 Å². The van der Waals surface area contributed by atoms with Gasteiger partial charge in [0.15, 0.2) is 0 Å². The monoisotopic (exact) mass is 196 g/mol. The second kappa shape index (κ2) is 4.07. The largest absolute Gasteiger partial charge is 0.386 e. The van der Waals surface area contributed by atoms with Crippen molar-refractivity contribution < 1.29 is 14.2 Å². The molecule has 1 N–H and O–H groups in total. The van der Waals surface area contributed by atoms with Crippen LogP contribution >= 0.6 is 0 Å². The lowest BCUT2D eigenvalue weighted by atomic mass is 10.0. The van der Waals surface area contributed by atoms with Gasteiger partial charge in [-0.3, -0.25) is 0 Å². The average molecular weight is 196 g/mol. The van der Waals surface area contributed by atoms with Gasteiger partial charge in [-0.15, -0.1) is 0 Å². The smallest absolute Gasteiger partial charge is 0.123 e. The van der Waals surface area contributed by atoms with Crippen molar-refractivity contribution in [1.82, 2.24) is 0 Å². The Morgan fingerprint density at radius 2 is 2.07 bits per heavy atom. The van der Waals surface area contributed by atoms with E-state index in [1.54, 1.807) is 12.1 Å². The van der Waals surface area contributed by atoms with Crippen molar-refractivity contribution in [3.8, 4) is 0 Å². The van der Waals surface area contributed by atoms with Gasteiger partial charge in [0.05, 0.1) is 6.10 Å². The molecule has 1 aliphatic heterocycles. The summed E-state index contributed by atoms with van der Waals surface area (Å²) in [5, 5.41) is 9.86. The fraction of sp³-hybridized carbons (Fsp3) is 0.455. The molecule has 0 spiro atoms. The lowest BCUT2D eigenvalue weighted by Crippen LogP contribution is -2.16. The summed E-state index contributed by atoms with van der Waals surface area (Å²) in [5.74, 6) is -0.284. The quantitative estimate of drug-likeness (QED) is 0.784. The minimum absolute atomic E-state index is 0.125. The Labute approximate surface area is 82.3 Å². The highest BCUT2D eigenvalue weighted by Gasteiger charge is 2.25. The molecule has 2 atom stereocenters. The molecule has 0 radical (unpaired) electrons. The van der Waals surface area contributed by atoms with Crippen LogP contribution in [-0.4, -0.2) is 17.8 Å². The normalized spacial score (nSPS) is 23.7. The Morgan fingerprint density at radius 1 is 1.36 bits per heavy atom. The summed E-state index contributed by atoms with van der Waals surface area (Å²) in [4.78, 5) is 0. The van der Waals surface area contributed by atoms with Crippen LogP contribution in [0.2, 0.25) is 0 Å². The van der Waals surface area contributed by atoms with Crippen LogP contribution < -0.4 is 0 Å². The number of aliphatic hydroxyl groups is 1.